The van der Waals surface area contributed by atoms with Crippen molar-refractivity contribution in [3.05, 3.63) is 35.9 Å². The molecule has 0 spiro atoms. The fourth-order valence-corrected chi connectivity index (χ4v) is 4.43. The number of imide groups is 1. The molecule has 4 rings (SSSR count). The molecule has 2 heterocycles. The zero-order valence-corrected chi connectivity index (χ0v) is 13.7. The Kier molecular flexibility index (Phi) is 3.87. The first-order valence-corrected chi connectivity index (χ1v) is 8.91. The summed E-state index contributed by atoms with van der Waals surface area (Å²) in [5.74, 6) is -0.464. The van der Waals surface area contributed by atoms with Gasteiger partial charge in [0.05, 0.1) is 0 Å². The van der Waals surface area contributed by atoms with E-state index in [1.807, 2.05) is 30.3 Å². The lowest BCUT2D eigenvalue weighted by Gasteiger charge is -2.45. The summed E-state index contributed by atoms with van der Waals surface area (Å²) in [6.45, 7) is 0. The van der Waals surface area contributed by atoms with Gasteiger partial charge in [-0.05, 0) is 24.8 Å². The number of benzene rings is 1. The molecule has 2 atom stereocenters. The minimum atomic E-state index is -0.647. The summed E-state index contributed by atoms with van der Waals surface area (Å²) >= 11 is 0. The van der Waals surface area contributed by atoms with Crippen molar-refractivity contribution in [1.29, 1.82) is 0 Å². The maximum Gasteiger partial charge on any atom is 0.256 e. The first kappa shape index (κ1) is 15.4. The lowest BCUT2D eigenvalue weighted by Crippen LogP contribution is -2.62. The minimum Gasteiger partial charge on any atom is -0.314 e. The molecule has 3 fully saturated rings. The van der Waals surface area contributed by atoms with Crippen LogP contribution in [0.15, 0.2) is 30.3 Å². The smallest absolute Gasteiger partial charge is 0.256 e. The van der Waals surface area contributed by atoms with Crippen molar-refractivity contribution < 1.29 is 14.4 Å². The second kappa shape index (κ2) is 6.04. The van der Waals surface area contributed by atoms with Crippen LogP contribution >= 0.6 is 0 Å². The normalized spacial score (nSPS) is 28.4. The number of piperazine rings is 1. The molecule has 5 nitrogen and oxygen atoms in total. The quantitative estimate of drug-likeness (QED) is 0.784. The molecular formula is C19H22N2O3. The number of carbonyl (C=O) groups is 3. The van der Waals surface area contributed by atoms with Crippen LogP contribution in [0.25, 0.3) is 0 Å². The van der Waals surface area contributed by atoms with Crippen molar-refractivity contribution in [2.24, 2.45) is 0 Å². The number of fused-ring (bicyclic) bond motifs is 1. The van der Waals surface area contributed by atoms with Crippen LogP contribution in [0.2, 0.25) is 0 Å². The van der Waals surface area contributed by atoms with E-state index in [1.165, 1.54) is 11.3 Å². The maximum atomic E-state index is 13.2. The van der Waals surface area contributed by atoms with Gasteiger partial charge in [0, 0.05) is 12.5 Å². The summed E-state index contributed by atoms with van der Waals surface area (Å²) in [6.07, 6.45) is 5.95. The Morgan fingerprint density at radius 1 is 0.833 bits per heavy atom. The van der Waals surface area contributed by atoms with E-state index in [4.69, 9.17) is 0 Å². The molecule has 0 aromatic heterocycles. The highest BCUT2D eigenvalue weighted by molar-refractivity contribution is 6.07. The van der Waals surface area contributed by atoms with E-state index >= 15 is 0 Å². The zero-order chi connectivity index (χ0) is 16.7. The van der Waals surface area contributed by atoms with Gasteiger partial charge >= 0.3 is 0 Å². The average Bonchev–Trinajstić information content (AvgIpc) is 2.99. The van der Waals surface area contributed by atoms with Crippen LogP contribution in [0.4, 0.5) is 0 Å². The SMILES string of the molecule is O=C1[C@H](c2ccccc2)N2C(=O)CC[C@H]2C(=O)N1C1CCCCC1. The van der Waals surface area contributed by atoms with E-state index in [0.29, 0.717) is 12.8 Å². The van der Waals surface area contributed by atoms with Crippen LogP contribution < -0.4 is 0 Å². The van der Waals surface area contributed by atoms with Gasteiger partial charge in [-0.2, -0.15) is 0 Å². The van der Waals surface area contributed by atoms with Crippen molar-refractivity contribution in [2.75, 3.05) is 0 Å². The van der Waals surface area contributed by atoms with Crippen LogP contribution in [0.3, 0.4) is 0 Å². The lowest BCUT2D eigenvalue weighted by molar-refractivity contribution is -0.167. The van der Waals surface area contributed by atoms with E-state index in [1.54, 1.807) is 4.90 Å². The highest BCUT2D eigenvalue weighted by Crippen LogP contribution is 2.39. The predicted molar refractivity (Wildman–Crippen MR) is 87.8 cm³/mol. The Morgan fingerprint density at radius 3 is 2.25 bits per heavy atom. The number of amides is 3. The monoisotopic (exact) mass is 326 g/mol. The molecule has 0 radical (unpaired) electrons. The van der Waals surface area contributed by atoms with Gasteiger partial charge in [0.1, 0.15) is 12.1 Å². The van der Waals surface area contributed by atoms with Gasteiger partial charge in [-0.25, -0.2) is 0 Å². The molecular weight excluding hydrogens is 304 g/mol. The second-order valence-electron chi connectivity index (χ2n) is 7.01. The molecule has 3 amide bonds. The molecule has 0 bridgehead atoms. The number of carbonyl (C=O) groups excluding carboxylic acids is 3. The summed E-state index contributed by atoms with van der Waals surface area (Å²) < 4.78 is 0. The van der Waals surface area contributed by atoms with Gasteiger partial charge in [0.15, 0.2) is 0 Å². The number of hydrogen-bond donors (Lipinski definition) is 0. The molecule has 2 saturated heterocycles. The van der Waals surface area contributed by atoms with E-state index < -0.39 is 12.1 Å². The van der Waals surface area contributed by atoms with Gasteiger partial charge in [-0.15, -0.1) is 0 Å². The summed E-state index contributed by atoms with van der Waals surface area (Å²) in [6, 6.07) is 8.28. The Balaban J connectivity index is 1.74. The van der Waals surface area contributed by atoms with E-state index in [0.717, 1.165) is 31.2 Å². The summed E-state index contributed by atoms with van der Waals surface area (Å²) in [4.78, 5) is 41.6. The molecule has 1 aromatic rings. The fourth-order valence-electron chi connectivity index (χ4n) is 4.43. The largest absolute Gasteiger partial charge is 0.314 e. The number of hydrogen-bond acceptors (Lipinski definition) is 3. The van der Waals surface area contributed by atoms with Crippen molar-refractivity contribution >= 4 is 17.7 Å². The molecule has 0 unspecified atom stereocenters. The number of nitrogens with zero attached hydrogens (tertiary/aromatic N) is 2. The van der Waals surface area contributed by atoms with Gasteiger partial charge in [0.25, 0.3) is 11.8 Å². The predicted octanol–water partition coefficient (Wildman–Crippen LogP) is 2.42. The standard InChI is InChI=1S/C19H22N2O3/c22-16-12-11-15-18(23)20(14-9-5-2-6-10-14)19(24)17(21(15)16)13-7-3-1-4-8-13/h1,3-4,7-8,14-15,17H,2,5-6,9-12H2/t15-,17-/m0/s1. The summed E-state index contributed by atoms with van der Waals surface area (Å²) in [5, 5.41) is 0. The molecule has 24 heavy (non-hydrogen) atoms. The molecule has 126 valence electrons. The highest BCUT2D eigenvalue weighted by Gasteiger charge is 2.53. The first-order chi connectivity index (χ1) is 11.7. The van der Waals surface area contributed by atoms with Gasteiger partial charge < -0.3 is 4.90 Å². The Hall–Kier alpha value is -2.17. The van der Waals surface area contributed by atoms with Crippen LogP contribution in [0, 0.1) is 0 Å². The van der Waals surface area contributed by atoms with Gasteiger partial charge in [-0.1, -0.05) is 49.6 Å². The molecule has 1 saturated carbocycles. The third-order valence-electron chi connectivity index (χ3n) is 5.58. The third-order valence-corrected chi connectivity index (χ3v) is 5.58. The van der Waals surface area contributed by atoms with Crippen molar-refractivity contribution in [2.45, 2.75) is 63.1 Å². The Labute approximate surface area is 141 Å². The molecule has 5 heteroatoms. The third kappa shape index (κ3) is 2.34. The minimum absolute atomic E-state index is 0.00261. The summed E-state index contributed by atoms with van der Waals surface area (Å²) in [7, 11) is 0. The second-order valence-corrected chi connectivity index (χ2v) is 7.01. The molecule has 0 N–H and O–H groups in total. The average molecular weight is 326 g/mol. The molecule has 1 aliphatic carbocycles. The maximum absolute atomic E-state index is 13.2. The van der Waals surface area contributed by atoms with Crippen LogP contribution in [-0.2, 0) is 14.4 Å². The summed E-state index contributed by atoms with van der Waals surface area (Å²) in [5.41, 5.74) is 0.802. The zero-order valence-electron chi connectivity index (χ0n) is 13.7. The first-order valence-electron chi connectivity index (χ1n) is 8.91. The van der Waals surface area contributed by atoms with E-state index in [9.17, 15) is 14.4 Å². The topological polar surface area (TPSA) is 57.7 Å². The Morgan fingerprint density at radius 2 is 1.54 bits per heavy atom. The van der Waals surface area contributed by atoms with Crippen molar-refractivity contribution in [3.63, 3.8) is 0 Å². The van der Waals surface area contributed by atoms with Crippen LogP contribution in [-0.4, -0.2) is 39.6 Å². The van der Waals surface area contributed by atoms with Crippen molar-refractivity contribution in [3.8, 4) is 0 Å². The fraction of sp³-hybridized carbons (Fsp3) is 0.526. The van der Waals surface area contributed by atoms with Gasteiger partial charge in [-0.3, -0.25) is 19.3 Å². The van der Waals surface area contributed by atoms with Crippen molar-refractivity contribution in [1.82, 2.24) is 9.80 Å². The number of rotatable bonds is 2. The van der Waals surface area contributed by atoms with Gasteiger partial charge in [0.2, 0.25) is 5.91 Å². The highest BCUT2D eigenvalue weighted by atomic mass is 16.2. The Bertz CT molecular complexity index is 666. The molecule has 3 aliphatic rings. The van der Waals surface area contributed by atoms with Crippen LogP contribution in [0.1, 0.15) is 56.6 Å². The lowest BCUT2D eigenvalue weighted by atomic mass is 9.90. The van der Waals surface area contributed by atoms with E-state index in [-0.39, 0.29) is 23.8 Å². The van der Waals surface area contributed by atoms with Crippen LogP contribution in [0.5, 0.6) is 0 Å². The molecule has 1 aromatic carbocycles. The molecule has 2 aliphatic heterocycles. The van der Waals surface area contributed by atoms with E-state index in [2.05, 4.69) is 0 Å².